The minimum Gasteiger partial charge on any atom is -0.598 e. The van der Waals surface area contributed by atoms with E-state index in [0.29, 0.717) is 5.56 Å². The summed E-state index contributed by atoms with van der Waals surface area (Å²) in [6.07, 6.45) is -2.61. The highest BCUT2D eigenvalue weighted by atomic mass is 79.9. The molecule has 1 aromatic rings. The van der Waals surface area contributed by atoms with Crippen LogP contribution in [0.3, 0.4) is 0 Å². The number of benzene rings is 1. The molecule has 0 radical (unpaired) electrons. The molecule has 1 N–H and O–H groups in total. The SMILES string of the molecule is CC(C)(C)[S+]([O-])NC(c1ccc(Br)cc1)C(F)F. The number of hydrogen-bond acceptors (Lipinski definition) is 2. The van der Waals surface area contributed by atoms with Gasteiger partial charge in [0.05, 0.1) is 0 Å². The third-order valence-electron chi connectivity index (χ3n) is 2.27. The van der Waals surface area contributed by atoms with Crippen molar-refractivity contribution in [2.24, 2.45) is 0 Å². The molecular weight excluding hydrogens is 324 g/mol. The molecule has 2 nitrogen and oxygen atoms in total. The summed E-state index contributed by atoms with van der Waals surface area (Å²) in [6, 6.07) is 5.33. The van der Waals surface area contributed by atoms with Gasteiger partial charge in [-0.25, -0.2) is 8.78 Å². The lowest BCUT2D eigenvalue weighted by molar-refractivity contribution is 0.109. The average Bonchev–Trinajstić information content (AvgIpc) is 2.25. The summed E-state index contributed by atoms with van der Waals surface area (Å²) in [5, 5.41) is 0. The standard InChI is InChI=1S/C12H16BrF2NOS/c1-12(2,3)18(17)16-10(11(14)15)8-4-6-9(13)7-5-8/h4-7,10-11,16H,1-3H3. The molecule has 0 fully saturated rings. The van der Waals surface area contributed by atoms with Crippen LogP contribution < -0.4 is 4.72 Å². The monoisotopic (exact) mass is 339 g/mol. The Balaban J connectivity index is 2.87. The van der Waals surface area contributed by atoms with E-state index in [1.54, 1.807) is 45.0 Å². The third kappa shape index (κ3) is 4.50. The van der Waals surface area contributed by atoms with E-state index in [0.717, 1.165) is 4.47 Å². The molecule has 0 saturated heterocycles. The van der Waals surface area contributed by atoms with Gasteiger partial charge in [-0.15, -0.1) is 4.72 Å². The highest BCUT2D eigenvalue weighted by Gasteiger charge is 2.33. The Kier molecular flexibility index (Phi) is 5.58. The Labute approximate surface area is 118 Å². The van der Waals surface area contributed by atoms with Crippen molar-refractivity contribution in [3.05, 3.63) is 34.3 Å². The van der Waals surface area contributed by atoms with Crippen molar-refractivity contribution >= 4 is 27.3 Å². The molecule has 0 saturated carbocycles. The van der Waals surface area contributed by atoms with Gasteiger partial charge in [0.15, 0.2) is 0 Å². The molecule has 0 aromatic heterocycles. The van der Waals surface area contributed by atoms with Crippen LogP contribution in [0.4, 0.5) is 8.78 Å². The molecule has 18 heavy (non-hydrogen) atoms. The Bertz CT molecular complexity index is 381. The smallest absolute Gasteiger partial charge is 0.262 e. The van der Waals surface area contributed by atoms with Crippen LogP contribution in [0, 0.1) is 0 Å². The van der Waals surface area contributed by atoms with Gasteiger partial charge in [-0.1, -0.05) is 28.1 Å². The van der Waals surface area contributed by atoms with Crippen LogP contribution in [0.2, 0.25) is 0 Å². The predicted molar refractivity (Wildman–Crippen MR) is 73.9 cm³/mol. The Hall–Kier alpha value is -0.170. The van der Waals surface area contributed by atoms with E-state index in [1.807, 2.05) is 0 Å². The Morgan fingerprint density at radius 2 is 1.72 bits per heavy atom. The first-order valence-electron chi connectivity index (χ1n) is 5.43. The quantitative estimate of drug-likeness (QED) is 0.846. The van der Waals surface area contributed by atoms with Crippen LogP contribution in [0.5, 0.6) is 0 Å². The van der Waals surface area contributed by atoms with E-state index in [4.69, 9.17) is 0 Å². The lowest BCUT2D eigenvalue weighted by Crippen LogP contribution is -2.43. The maximum Gasteiger partial charge on any atom is 0.262 e. The van der Waals surface area contributed by atoms with Gasteiger partial charge < -0.3 is 4.55 Å². The fourth-order valence-electron chi connectivity index (χ4n) is 1.23. The average molecular weight is 340 g/mol. The zero-order valence-corrected chi connectivity index (χ0v) is 12.8. The molecule has 0 amide bonds. The van der Waals surface area contributed by atoms with E-state index in [1.165, 1.54) is 0 Å². The van der Waals surface area contributed by atoms with Gasteiger partial charge in [0, 0.05) is 15.8 Å². The summed E-state index contributed by atoms with van der Waals surface area (Å²) >= 11 is 1.71. The second kappa shape index (κ2) is 6.32. The van der Waals surface area contributed by atoms with Crippen molar-refractivity contribution in [1.82, 2.24) is 4.72 Å². The first-order chi connectivity index (χ1) is 8.21. The molecule has 0 heterocycles. The van der Waals surface area contributed by atoms with E-state index in [9.17, 15) is 13.3 Å². The van der Waals surface area contributed by atoms with Crippen molar-refractivity contribution < 1.29 is 13.3 Å². The summed E-state index contributed by atoms with van der Waals surface area (Å²) in [4.78, 5) is 0. The van der Waals surface area contributed by atoms with Crippen molar-refractivity contribution in [1.29, 1.82) is 0 Å². The van der Waals surface area contributed by atoms with E-state index in [-0.39, 0.29) is 0 Å². The van der Waals surface area contributed by atoms with Crippen molar-refractivity contribution in [3.63, 3.8) is 0 Å². The zero-order chi connectivity index (χ0) is 13.9. The summed E-state index contributed by atoms with van der Waals surface area (Å²) < 4.78 is 40.7. The van der Waals surface area contributed by atoms with Gasteiger partial charge in [0.2, 0.25) is 0 Å². The van der Waals surface area contributed by atoms with E-state index in [2.05, 4.69) is 20.7 Å². The Morgan fingerprint density at radius 1 is 1.22 bits per heavy atom. The van der Waals surface area contributed by atoms with Gasteiger partial charge in [0.25, 0.3) is 6.43 Å². The molecule has 1 rings (SSSR count). The minimum atomic E-state index is -2.61. The van der Waals surface area contributed by atoms with E-state index < -0.39 is 28.6 Å². The molecule has 0 bridgehead atoms. The van der Waals surface area contributed by atoms with Gasteiger partial charge in [-0.05, 0) is 38.5 Å². The zero-order valence-electron chi connectivity index (χ0n) is 10.4. The van der Waals surface area contributed by atoms with Gasteiger partial charge >= 0.3 is 0 Å². The predicted octanol–water partition coefficient (Wildman–Crippen LogP) is 3.81. The maximum atomic E-state index is 13.0. The summed E-state index contributed by atoms with van der Waals surface area (Å²) in [7, 11) is 0. The highest BCUT2D eigenvalue weighted by Crippen LogP contribution is 2.26. The number of halogens is 3. The molecule has 2 unspecified atom stereocenters. The normalized spacial score (nSPS) is 15.8. The molecular formula is C12H16BrF2NOS. The van der Waals surface area contributed by atoms with Crippen LogP contribution in [-0.2, 0) is 11.4 Å². The van der Waals surface area contributed by atoms with Crippen LogP contribution in [0.1, 0.15) is 32.4 Å². The molecule has 0 spiro atoms. The first kappa shape index (κ1) is 15.9. The number of nitrogens with one attached hydrogen (secondary N) is 1. The summed E-state index contributed by atoms with van der Waals surface area (Å²) in [5.74, 6) is 0. The van der Waals surface area contributed by atoms with Gasteiger partial charge in [-0.2, -0.15) is 0 Å². The van der Waals surface area contributed by atoms with Crippen molar-refractivity contribution in [2.75, 3.05) is 0 Å². The van der Waals surface area contributed by atoms with E-state index >= 15 is 0 Å². The lowest BCUT2D eigenvalue weighted by atomic mass is 10.1. The largest absolute Gasteiger partial charge is 0.598 e. The maximum absolute atomic E-state index is 13.0. The topological polar surface area (TPSA) is 35.1 Å². The fourth-order valence-corrected chi connectivity index (χ4v) is 2.31. The molecule has 0 aliphatic heterocycles. The van der Waals surface area contributed by atoms with Crippen LogP contribution in [0.15, 0.2) is 28.7 Å². The molecule has 1 aromatic carbocycles. The number of rotatable bonds is 4. The van der Waals surface area contributed by atoms with Crippen molar-refractivity contribution in [2.45, 2.75) is 38.0 Å². The van der Waals surface area contributed by atoms with Crippen LogP contribution >= 0.6 is 15.9 Å². The highest BCUT2D eigenvalue weighted by molar-refractivity contribution is 9.10. The first-order valence-corrected chi connectivity index (χ1v) is 7.38. The third-order valence-corrected chi connectivity index (χ3v) is 4.38. The van der Waals surface area contributed by atoms with Crippen LogP contribution in [0.25, 0.3) is 0 Å². The van der Waals surface area contributed by atoms with Gasteiger partial charge in [0.1, 0.15) is 10.8 Å². The molecule has 2 atom stereocenters. The number of alkyl halides is 2. The second-order valence-electron chi connectivity index (χ2n) is 4.86. The summed E-state index contributed by atoms with van der Waals surface area (Å²) in [5.41, 5.74) is 0.422. The molecule has 0 aliphatic rings. The lowest BCUT2D eigenvalue weighted by Gasteiger charge is -2.27. The number of hydrogen-bond donors (Lipinski definition) is 1. The summed E-state index contributed by atoms with van der Waals surface area (Å²) in [6.45, 7) is 5.21. The Morgan fingerprint density at radius 3 is 2.11 bits per heavy atom. The van der Waals surface area contributed by atoms with Crippen LogP contribution in [-0.4, -0.2) is 15.7 Å². The second-order valence-corrected chi connectivity index (χ2v) is 7.78. The molecule has 6 heteroatoms. The molecule has 102 valence electrons. The van der Waals surface area contributed by atoms with Crippen molar-refractivity contribution in [3.8, 4) is 0 Å². The minimum absolute atomic E-state index is 0.422. The van der Waals surface area contributed by atoms with Gasteiger partial charge in [-0.3, -0.25) is 0 Å². The fraction of sp³-hybridized carbons (Fsp3) is 0.500. The molecule has 0 aliphatic carbocycles.